The van der Waals surface area contributed by atoms with Crippen molar-refractivity contribution in [1.29, 1.82) is 0 Å². The summed E-state index contributed by atoms with van der Waals surface area (Å²) in [5, 5.41) is 0. The van der Waals surface area contributed by atoms with Gasteiger partial charge in [-0.1, -0.05) is 28.1 Å². The van der Waals surface area contributed by atoms with Gasteiger partial charge in [-0.3, -0.25) is 4.79 Å². The van der Waals surface area contributed by atoms with Crippen LogP contribution in [-0.2, 0) is 10.2 Å². The average Bonchev–Trinajstić information content (AvgIpc) is 2.76. The first-order chi connectivity index (χ1) is 6.72. The van der Waals surface area contributed by atoms with Gasteiger partial charge in [-0.15, -0.1) is 0 Å². The summed E-state index contributed by atoms with van der Waals surface area (Å²) in [6.07, 6.45) is 3.26. The SMILES string of the molecule is O=C1C2CCC1(c1ccc(Br)cc1)C2. The van der Waals surface area contributed by atoms with Crippen molar-refractivity contribution >= 4 is 21.7 Å². The third-order valence-electron chi connectivity index (χ3n) is 3.75. The Morgan fingerprint density at radius 3 is 2.50 bits per heavy atom. The van der Waals surface area contributed by atoms with Crippen molar-refractivity contribution in [3.63, 3.8) is 0 Å². The summed E-state index contributed by atoms with van der Waals surface area (Å²) in [7, 11) is 0. The normalized spacial score (nSPS) is 34.4. The highest BCUT2D eigenvalue weighted by molar-refractivity contribution is 9.10. The first kappa shape index (κ1) is 8.66. The fraction of sp³-hybridized carbons (Fsp3) is 0.417. The van der Waals surface area contributed by atoms with Crippen LogP contribution < -0.4 is 0 Å². The van der Waals surface area contributed by atoms with E-state index in [0.29, 0.717) is 11.7 Å². The highest BCUT2D eigenvalue weighted by Gasteiger charge is 2.59. The second-order valence-corrected chi connectivity index (χ2v) is 5.31. The summed E-state index contributed by atoms with van der Waals surface area (Å²) in [5.41, 5.74) is 1.14. The van der Waals surface area contributed by atoms with Gasteiger partial charge < -0.3 is 0 Å². The second-order valence-electron chi connectivity index (χ2n) is 4.39. The van der Waals surface area contributed by atoms with Gasteiger partial charge in [0.25, 0.3) is 0 Å². The molecule has 0 radical (unpaired) electrons. The molecule has 1 aromatic rings. The molecule has 4 rings (SSSR count). The molecular formula is C12H11BrO. The number of ketones is 1. The lowest BCUT2D eigenvalue weighted by atomic mass is 9.64. The standard InChI is InChI=1S/C12H11BrO/c13-10-3-1-9(2-4-10)12-6-5-8(7-12)11(12)14/h1-4,8H,5-7H2. The molecule has 1 nitrogen and oxygen atoms in total. The molecule has 0 aliphatic heterocycles. The molecule has 14 heavy (non-hydrogen) atoms. The monoisotopic (exact) mass is 250 g/mol. The molecule has 1 aromatic carbocycles. The summed E-state index contributed by atoms with van der Waals surface area (Å²) < 4.78 is 1.08. The van der Waals surface area contributed by atoms with Crippen LogP contribution in [0, 0.1) is 5.92 Å². The van der Waals surface area contributed by atoms with Gasteiger partial charge in [0.05, 0.1) is 5.41 Å². The predicted molar refractivity (Wildman–Crippen MR) is 58.2 cm³/mol. The van der Waals surface area contributed by atoms with Crippen molar-refractivity contribution in [2.45, 2.75) is 24.7 Å². The highest BCUT2D eigenvalue weighted by atomic mass is 79.9. The van der Waals surface area contributed by atoms with Crippen LogP contribution in [0.1, 0.15) is 24.8 Å². The van der Waals surface area contributed by atoms with Crippen molar-refractivity contribution in [3.05, 3.63) is 34.3 Å². The Morgan fingerprint density at radius 2 is 2.00 bits per heavy atom. The van der Waals surface area contributed by atoms with Crippen LogP contribution in [0.25, 0.3) is 0 Å². The van der Waals surface area contributed by atoms with Crippen molar-refractivity contribution in [2.24, 2.45) is 5.92 Å². The topological polar surface area (TPSA) is 17.1 Å². The van der Waals surface area contributed by atoms with Crippen LogP contribution in [0.15, 0.2) is 28.7 Å². The molecule has 3 aliphatic carbocycles. The van der Waals surface area contributed by atoms with Crippen LogP contribution in [0.3, 0.4) is 0 Å². The van der Waals surface area contributed by atoms with E-state index in [1.54, 1.807) is 0 Å². The number of hydrogen-bond donors (Lipinski definition) is 0. The molecule has 0 N–H and O–H groups in total. The van der Waals surface area contributed by atoms with E-state index in [4.69, 9.17) is 0 Å². The largest absolute Gasteiger partial charge is 0.298 e. The first-order valence-electron chi connectivity index (χ1n) is 5.03. The molecule has 3 fully saturated rings. The molecule has 3 aliphatic rings. The highest BCUT2D eigenvalue weighted by Crippen LogP contribution is 2.56. The van der Waals surface area contributed by atoms with Gasteiger partial charge in [-0.25, -0.2) is 0 Å². The lowest BCUT2D eigenvalue weighted by molar-refractivity contribution is -0.133. The van der Waals surface area contributed by atoms with Gasteiger partial charge >= 0.3 is 0 Å². The zero-order valence-corrected chi connectivity index (χ0v) is 9.38. The van der Waals surface area contributed by atoms with Crippen LogP contribution in [0.5, 0.6) is 0 Å². The number of rotatable bonds is 1. The third-order valence-corrected chi connectivity index (χ3v) is 4.28. The number of carbonyl (C=O) groups is 1. The number of Topliss-reactive ketones (excluding diaryl/α,β-unsaturated/α-hetero) is 1. The minimum atomic E-state index is -0.0780. The minimum absolute atomic E-state index is 0.0780. The predicted octanol–water partition coefficient (Wildman–Crippen LogP) is 3.07. The van der Waals surface area contributed by atoms with Crippen LogP contribution in [0.4, 0.5) is 0 Å². The van der Waals surface area contributed by atoms with Crippen molar-refractivity contribution in [2.75, 3.05) is 0 Å². The number of carbonyl (C=O) groups excluding carboxylic acids is 1. The summed E-state index contributed by atoms with van der Waals surface area (Å²) in [5.74, 6) is 0.874. The van der Waals surface area contributed by atoms with Crippen LogP contribution in [0.2, 0.25) is 0 Å². The Kier molecular flexibility index (Phi) is 1.67. The van der Waals surface area contributed by atoms with E-state index in [0.717, 1.165) is 23.7 Å². The molecule has 0 heterocycles. The number of halogens is 1. The molecule has 2 atom stereocenters. The fourth-order valence-corrected chi connectivity index (χ4v) is 3.19. The van der Waals surface area contributed by atoms with Gasteiger partial charge in [0.1, 0.15) is 5.78 Å². The van der Waals surface area contributed by atoms with Gasteiger partial charge in [-0.2, -0.15) is 0 Å². The lowest BCUT2D eigenvalue weighted by Crippen LogP contribution is -2.44. The third kappa shape index (κ3) is 0.924. The first-order valence-corrected chi connectivity index (χ1v) is 5.82. The Labute approximate surface area is 91.6 Å². The van der Waals surface area contributed by atoms with Crippen molar-refractivity contribution in [1.82, 2.24) is 0 Å². The fourth-order valence-electron chi connectivity index (χ4n) is 2.93. The maximum Gasteiger partial charge on any atom is 0.146 e. The lowest BCUT2D eigenvalue weighted by Gasteiger charge is -2.37. The van der Waals surface area contributed by atoms with Crippen molar-refractivity contribution < 1.29 is 4.79 Å². The molecule has 2 unspecified atom stereocenters. The Hall–Kier alpha value is -0.630. The minimum Gasteiger partial charge on any atom is -0.298 e. The molecule has 2 heteroatoms. The maximum absolute atomic E-state index is 11.8. The zero-order valence-electron chi connectivity index (χ0n) is 7.79. The maximum atomic E-state index is 11.8. The molecule has 72 valence electrons. The average molecular weight is 251 g/mol. The smallest absolute Gasteiger partial charge is 0.146 e. The summed E-state index contributed by atoms with van der Waals surface area (Å²) >= 11 is 3.41. The summed E-state index contributed by atoms with van der Waals surface area (Å²) in [6.45, 7) is 0. The summed E-state index contributed by atoms with van der Waals surface area (Å²) in [4.78, 5) is 11.8. The molecule has 0 aromatic heterocycles. The van der Waals surface area contributed by atoms with E-state index in [2.05, 4.69) is 28.1 Å². The quantitative estimate of drug-likeness (QED) is 0.749. The number of benzene rings is 1. The Balaban J connectivity index is 2.03. The van der Waals surface area contributed by atoms with Gasteiger partial charge in [-0.05, 0) is 37.0 Å². The second kappa shape index (κ2) is 2.69. The van der Waals surface area contributed by atoms with E-state index < -0.39 is 0 Å². The van der Waals surface area contributed by atoms with Crippen LogP contribution >= 0.6 is 15.9 Å². The molecule has 3 saturated carbocycles. The molecule has 0 spiro atoms. The van der Waals surface area contributed by atoms with E-state index >= 15 is 0 Å². The van der Waals surface area contributed by atoms with E-state index in [-0.39, 0.29) is 5.41 Å². The van der Waals surface area contributed by atoms with Gasteiger partial charge in [0, 0.05) is 10.4 Å². The molecule has 2 bridgehead atoms. The number of hydrogen-bond acceptors (Lipinski definition) is 1. The summed E-state index contributed by atoms with van der Waals surface area (Å²) in [6, 6.07) is 8.24. The zero-order chi connectivity index (χ0) is 9.76. The van der Waals surface area contributed by atoms with E-state index in [1.807, 2.05) is 12.1 Å². The van der Waals surface area contributed by atoms with Crippen LogP contribution in [-0.4, -0.2) is 5.78 Å². The molecular weight excluding hydrogens is 240 g/mol. The Bertz CT molecular complexity index is 391. The Morgan fingerprint density at radius 1 is 1.29 bits per heavy atom. The van der Waals surface area contributed by atoms with Gasteiger partial charge in [0.2, 0.25) is 0 Å². The van der Waals surface area contributed by atoms with E-state index in [1.165, 1.54) is 5.56 Å². The van der Waals surface area contributed by atoms with Gasteiger partial charge in [0.15, 0.2) is 0 Å². The molecule has 0 amide bonds. The molecule has 0 saturated heterocycles. The van der Waals surface area contributed by atoms with E-state index in [9.17, 15) is 4.79 Å². The number of fused-ring (bicyclic) bond motifs is 1. The van der Waals surface area contributed by atoms with Crippen molar-refractivity contribution in [3.8, 4) is 0 Å².